The van der Waals surface area contributed by atoms with Crippen molar-refractivity contribution in [3.8, 4) is 0 Å². The van der Waals surface area contributed by atoms with E-state index in [1.165, 1.54) is 18.6 Å². The Hall–Kier alpha value is -1.29. The van der Waals surface area contributed by atoms with Crippen molar-refractivity contribution in [3.05, 3.63) is 24.0 Å². The van der Waals surface area contributed by atoms with Gasteiger partial charge in [-0.15, -0.1) is 0 Å². The van der Waals surface area contributed by atoms with E-state index in [9.17, 15) is 4.39 Å². The molecule has 4 heteroatoms. The fourth-order valence-electron chi connectivity index (χ4n) is 2.45. The highest BCUT2D eigenvalue weighted by Crippen LogP contribution is 2.28. The first-order valence-electron chi connectivity index (χ1n) is 5.99. The second kappa shape index (κ2) is 5.36. The van der Waals surface area contributed by atoms with Crippen LogP contribution in [0.1, 0.15) is 12.8 Å². The van der Waals surface area contributed by atoms with Crippen LogP contribution >= 0.6 is 0 Å². The average molecular weight is 238 g/mol. The van der Waals surface area contributed by atoms with E-state index in [0.29, 0.717) is 11.6 Å². The summed E-state index contributed by atoms with van der Waals surface area (Å²) in [7, 11) is 1.72. The molecule has 1 aromatic carbocycles. The highest BCUT2D eigenvalue weighted by atomic mass is 19.1. The fraction of sp³-hybridized carbons (Fsp3) is 0.538. The van der Waals surface area contributed by atoms with Crippen molar-refractivity contribution in [1.82, 2.24) is 0 Å². The zero-order valence-electron chi connectivity index (χ0n) is 10.2. The van der Waals surface area contributed by atoms with Crippen LogP contribution in [0.15, 0.2) is 18.2 Å². The number of halogens is 1. The largest absolute Gasteiger partial charge is 0.397 e. The van der Waals surface area contributed by atoms with Gasteiger partial charge in [0.25, 0.3) is 0 Å². The zero-order chi connectivity index (χ0) is 12.3. The second-order valence-electron chi connectivity index (χ2n) is 4.61. The molecule has 1 heterocycles. The number of benzene rings is 1. The molecule has 17 heavy (non-hydrogen) atoms. The molecule has 0 aromatic heterocycles. The van der Waals surface area contributed by atoms with Crippen molar-refractivity contribution in [2.45, 2.75) is 12.8 Å². The fourth-order valence-corrected chi connectivity index (χ4v) is 2.45. The maximum absolute atomic E-state index is 13.2. The molecular formula is C13H19FN2O. The van der Waals surface area contributed by atoms with Gasteiger partial charge in [-0.3, -0.25) is 0 Å². The second-order valence-corrected chi connectivity index (χ2v) is 4.61. The molecule has 1 aliphatic rings. The van der Waals surface area contributed by atoms with Crippen LogP contribution in [0.25, 0.3) is 0 Å². The first-order chi connectivity index (χ1) is 8.20. The van der Waals surface area contributed by atoms with Crippen molar-refractivity contribution >= 4 is 11.4 Å². The predicted octanol–water partition coefficient (Wildman–Crippen LogP) is 2.27. The van der Waals surface area contributed by atoms with Crippen molar-refractivity contribution in [2.24, 2.45) is 5.92 Å². The summed E-state index contributed by atoms with van der Waals surface area (Å²) >= 11 is 0. The van der Waals surface area contributed by atoms with Crippen LogP contribution in [0.3, 0.4) is 0 Å². The van der Waals surface area contributed by atoms with Gasteiger partial charge in [-0.1, -0.05) is 0 Å². The van der Waals surface area contributed by atoms with Gasteiger partial charge in [0.05, 0.1) is 18.0 Å². The lowest BCUT2D eigenvalue weighted by molar-refractivity contribution is 0.143. The molecular weight excluding hydrogens is 219 g/mol. The molecule has 1 aromatic rings. The molecule has 0 amide bonds. The van der Waals surface area contributed by atoms with E-state index in [-0.39, 0.29) is 5.82 Å². The van der Waals surface area contributed by atoms with Gasteiger partial charge >= 0.3 is 0 Å². The monoisotopic (exact) mass is 238 g/mol. The number of anilines is 2. The molecule has 2 N–H and O–H groups in total. The lowest BCUT2D eigenvalue weighted by atomic mass is 9.98. The molecule has 3 nitrogen and oxygen atoms in total. The van der Waals surface area contributed by atoms with Crippen LogP contribution in [0.5, 0.6) is 0 Å². The first-order valence-corrected chi connectivity index (χ1v) is 5.99. The van der Waals surface area contributed by atoms with E-state index in [1.807, 2.05) is 0 Å². The van der Waals surface area contributed by atoms with Crippen molar-refractivity contribution in [3.63, 3.8) is 0 Å². The van der Waals surface area contributed by atoms with Gasteiger partial charge < -0.3 is 15.4 Å². The van der Waals surface area contributed by atoms with Crippen LogP contribution in [0, 0.1) is 11.7 Å². The van der Waals surface area contributed by atoms with Crippen molar-refractivity contribution in [1.29, 1.82) is 0 Å². The van der Waals surface area contributed by atoms with Crippen LogP contribution in [0.2, 0.25) is 0 Å². The Labute approximate surface area is 101 Å². The summed E-state index contributed by atoms with van der Waals surface area (Å²) < 4.78 is 18.4. The number of ether oxygens (including phenoxy) is 1. The summed E-state index contributed by atoms with van der Waals surface area (Å²) in [6.45, 7) is 2.58. The SMILES string of the molecule is COCC1CCCN(c2cc(F)ccc2N)C1. The van der Waals surface area contributed by atoms with Gasteiger partial charge in [-0.2, -0.15) is 0 Å². The summed E-state index contributed by atoms with van der Waals surface area (Å²) in [6, 6.07) is 4.55. The van der Waals surface area contributed by atoms with Gasteiger partial charge in [0.2, 0.25) is 0 Å². The highest BCUT2D eigenvalue weighted by Gasteiger charge is 2.21. The molecule has 1 unspecified atom stereocenters. The van der Waals surface area contributed by atoms with E-state index >= 15 is 0 Å². The van der Waals surface area contributed by atoms with E-state index in [0.717, 1.165) is 31.8 Å². The van der Waals surface area contributed by atoms with Crippen molar-refractivity contribution in [2.75, 3.05) is 37.4 Å². The lowest BCUT2D eigenvalue weighted by Crippen LogP contribution is -2.37. The summed E-state index contributed by atoms with van der Waals surface area (Å²) in [5.41, 5.74) is 7.35. The minimum Gasteiger partial charge on any atom is -0.397 e. The summed E-state index contributed by atoms with van der Waals surface area (Å²) in [5.74, 6) is 0.277. The van der Waals surface area contributed by atoms with Gasteiger partial charge in [-0.25, -0.2) is 4.39 Å². The highest BCUT2D eigenvalue weighted by molar-refractivity contribution is 5.67. The normalized spacial score (nSPS) is 20.6. The Bertz CT molecular complexity index is 382. The number of nitrogens with two attached hydrogens (primary N) is 1. The number of hydrogen-bond donors (Lipinski definition) is 1. The average Bonchev–Trinajstić information content (AvgIpc) is 2.33. The number of nitrogens with zero attached hydrogens (tertiary/aromatic N) is 1. The third-order valence-corrected chi connectivity index (χ3v) is 3.25. The van der Waals surface area contributed by atoms with Gasteiger partial charge in [0.15, 0.2) is 0 Å². The molecule has 0 aliphatic carbocycles. The number of hydrogen-bond acceptors (Lipinski definition) is 3. The topological polar surface area (TPSA) is 38.5 Å². The van der Waals surface area contributed by atoms with Gasteiger partial charge in [0, 0.05) is 20.2 Å². The molecule has 1 atom stereocenters. The number of rotatable bonds is 3. The molecule has 2 rings (SSSR count). The minimum atomic E-state index is -0.233. The Balaban J connectivity index is 2.13. The number of piperidine rings is 1. The van der Waals surface area contributed by atoms with Crippen LogP contribution < -0.4 is 10.6 Å². The van der Waals surface area contributed by atoms with Crippen LogP contribution in [0.4, 0.5) is 15.8 Å². The third-order valence-electron chi connectivity index (χ3n) is 3.25. The third kappa shape index (κ3) is 2.88. The number of methoxy groups -OCH3 is 1. The molecule has 94 valence electrons. The molecule has 0 radical (unpaired) electrons. The quantitative estimate of drug-likeness (QED) is 0.821. The predicted molar refractivity (Wildman–Crippen MR) is 67.6 cm³/mol. The maximum Gasteiger partial charge on any atom is 0.125 e. The Morgan fingerprint density at radius 3 is 3.12 bits per heavy atom. The summed E-state index contributed by atoms with van der Waals surface area (Å²) in [5, 5.41) is 0. The van der Waals surface area contributed by atoms with E-state index < -0.39 is 0 Å². The Morgan fingerprint density at radius 2 is 2.35 bits per heavy atom. The summed E-state index contributed by atoms with van der Waals surface area (Å²) in [4.78, 5) is 2.16. The molecule has 0 saturated carbocycles. The van der Waals surface area contributed by atoms with E-state index in [1.54, 1.807) is 13.2 Å². The Kier molecular flexibility index (Phi) is 3.84. The zero-order valence-corrected chi connectivity index (χ0v) is 10.2. The molecule has 0 spiro atoms. The first kappa shape index (κ1) is 12.2. The molecule has 1 saturated heterocycles. The Morgan fingerprint density at radius 1 is 1.53 bits per heavy atom. The standard InChI is InChI=1S/C13H19FN2O/c1-17-9-10-3-2-6-16(8-10)13-7-11(14)4-5-12(13)15/h4-5,7,10H,2-3,6,8-9,15H2,1H3. The minimum absolute atomic E-state index is 0.233. The maximum atomic E-state index is 13.2. The van der Waals surface area contributed by atoms with Crippen molar-refractivity contribution < 1.29 is 9.13 Å². The molecule has 0 bridgehead atoms. The number of nitrogen functional groups attached to an aromatic ring is 1. The summed E-state index contributed by atoms with van der Waals surface area (Å²) in [6.07, 6.45) is 2.27. The lowest BCUT2D eigenvalue weighted by Gasteiger charge is -2.34. The molecule has 1 fully saturated rings. The van der Waals surface area contributed by atoms with Gasteiger partial charge in [0.1, 0.15) is 5.82 Å². The van der Waals surface area contributed by atoms with Crippen LogP contribution in [-0.4, -0.2) is 26.8 Å². The van der Waals surface area contributed by atoms with Crippen LogP contribution in [-0.2, 0) is 4.74 Å². The van der Waals surface area contributed by atoms with E-state index in [2.05, 4.69) is 4.90 Å². The van der Waals surface area contributed by atoms with Gasteiger partial charge in [-0.05, 0) is 37.0 Å². The smallest absolute Gasteiger partial charge is 0.125 e. The molecule has 1 aliphatic heterocycles. The van der Waals surface area contributed by atoms with E-state index in [4.69, 9.17) is 10.5 Å².